The molecule has 0 fully saturated rings. The van der Waals surface area contributed by atoms with Gasteiger partial charge in [-0.25, -0.2) is 4.98 Å². The van der Waals surface area contributed by atoms with Crippen LogP contribution in [0.4, 0.5) is 0 Å². The maximum Gasteiger partial charge on any atom is 0.0925 e. The number of aryl methyl sites for hydroxylation is 1. The quantitative estimate of drug-likeness (QED) is 0.788. The Labute approximate surface area is 141 Å². The van der Waals surface area contributed by atoms with Crippen LogP contribution < -0.4 is 0 Å². The summed E-state index contributed by atoms with van der Waals surface area (Å²) in [5, 5.41) is 4.36. The van der Waals surface area contributed by atoms with Gasteiger partial charge in [0.15, 0.2) is 0 Å². The highest BCUT2D eigenvalue weighted by molar-refractivity contribution is 5.35. The van der Waals surface area contributed by atoms with Crippen LogP contribution >= 0.6 is 0 Å². The molecule has 5 rings (SSSR count). The number of fused-ring (bicyclic) bond motifs is 2. The number of benzene rings is 1. The van der Waals surface area contributed by atoms with Crippen molar-refractivity contribution in [1.29, 1.82) is 0 Å². The third kappa shape index (κ3) is 2.19. The normalized spacial score (nSPS) is 21.0. The number of rotatable bonds is 2. The minimum atomic E-state index is 0.303. The Morgan fingerprint density at radius 2 is 1.96 bits per heavy atom. The minimum Gasteiger partial charge on any atom is -0.347 e. The van der Waals surface area contributed by atoms with Gasteiger partial charge in [0.05, 0.1) is 23.9 Å². The zero-order chi connectivity index (χ0) is 16.1. The van der Waals surface area contributed by atoms with E-state index in [2.05, 4.69) is 50.4 Å². The van der Waals surface area contributed by atoms with Crippen LogP contribution in [0.1, 0.15) is 34.0 Å². The number of aromatic amines is 1. The van der Waals surface area contributed by atoms with E-state index in [9.17, 15) is 0 Å². The van der Waals surface area contributed by atoms with Crippen LogP contribution in [0.2, 0.25) is 0 Å². The van der Waals surface area contributed by atoms with Gasteiger partial charge in [0.25, 0.3) is 0 Å². The SMILES string of the molecule is Cn1cc(C2CN(C3Cc4ccccc4C3)Cc3[nH]cnc32)cn1. The van der Waals surface area contributed by atoms with Crippen LogP contribution in [-0.4, -0.2) is 37.2 Å². The van der Waals surface area contributed by atoms with Crippen molar-refractivity contribution in [2.24, 2.45) is 7.05 Å². The van der Waals surface area contributed by atoms with Gasteiger partial charge >= 0.3 is 0 Å². The van der Waals surface area contributed by atoms with Crippen LogP contribution in [-0.2, 0) is 26.4 Å². The first-order chi connectivity index (χ1) is 11.8. The smallest absolute Gasteiger partial charge is 0.0925 e. The Hall–Kier alpha value is -2.40. The molecule has 5 nitrogen and oxygen atoms in total. The summed E-state index contributed by atoms with van der Waals surface area (Å²) in [7, 11) is 1.98. The molecule has 3 heterocycles. The van der Waals surface area contributed by atoms with Crippen molar-refractivity contribution in [2.75, 3.05) is 6.54 Å². The third-order valence-corrected chi connectivity index (χ3v) is 5.53. The number of hydrogen-bond donors (Lipinski definition) is 1. The van der Waals surface area contributed by atoms with E-state index in [1.165, 1.54) is 28.1 Å². The number of nitrogens with zero attached hydrogens (tertiary/aromatic N) is 4. The van der Waals surface area contributed by atoms with Gasteiger partial charge in [-0.2, -0.15) is 5.10 Å². The molecular formula is C19H21N5. The summed E-state index contributed by atoms with van der Waals surface area (Å²) in [4.78, 5) is 10.6. The van der Waals surface area contributed by atoms with E-state index in [1.807, 2.05) is 24.3 Å². The first kappa shape index (κ1) is 14.0. The molecule has 0 radical (unpaired) electrons. The molecule has 0 amide bonds. The topological polar surface area (TPSA) is 49.7 Å². The van der Waals surface area contributed by atoms with Crippen molar-refractivity contribution < 1.29 is 0 Å². The molecule has 1 unspecified atom stereocenters. The molecule has 2 aliphatic rings. The van der Waals surface area contributed by atoms with Crippen molar-refractivity contribution in [3.05, 3.63) is 71.1 Å². The summed E-state index contributed by atoms with van der Waals surface area (Å²) in [6, 6.07) is 9.45. The van der Waals surface area contributed by atoms with E-state index >= 15 is 0 Å². The minimum absolute atomic E-state index is 0.303. The molecule has 0 spiro atoms. The molecule has 122 valence electrons. The molecule has 24 heavy (non-hydrogen) atoms. The second-order valence-electron chi connectivity index (χ2n) is 7.03. The molecule has 1 atom stereocenters. The lowest BCUT2D eigenvalue weighted by Gasteiger charge is -2.35. The molecule has 1 aliphatic carbocycles. The van der Waals surface area contributed by atoms with Gasteiger partial charge in [0.2, 0.25) is 0 Å². The Balaban J connectivity index is 1.46. The zero-order valence-electron chi connectivity index (χ0n) is 13.8. The van der Waals surface area contributed by atoms with Crippen molar-refractivity contribution in [2.45, 2.75) is 31.3 Å². The van der Waals surface area contributed by atoms with Crippen LogP contribution in [0, 0.1) is 0 Å². The fourth-order valence-corrected chi connectivity index (χ4v) is 4.30. The lowest BCUT2D eigenvalue weighted by molar-refractivity contribution is 0.170. The second-order valence-corrected chi connectivity index (χ2v) is 7.03. The molecule has 0 saturated heterocycles. The van der Waals surface area contributed by atoms with E-state index in [1.54, 1.807) is 0 Å². The number of nitrogens with one attached hydrogen (secondary N) is 1. The van der Waals surface area contributed by atoms with Crippen molar-refractivity contribution in [1.82, 2.24) is 24.6 Å². The lowest BCUT2D eigenvalue weighted by Crippen LogP contribution is -2.42. The van der Waals surface area contributed by atoms with Gasteiger partial charge < -0.3 is 4.98 Å². The van der Waals surface area contributed by atoms with Gasteiger partial charge in [0.1, 0.15) is 0 Å². The maximum absolute atomic E-state index is 4.61. The molecule has 3 aromatic rings. The first-order valence-corrected chi connectivity index (χ1v) is 8.59. The van der Waals surface area contributed by atoms with E-state index in [0.717, 1.165) is 25.9 Å². The van der Waals surface area contributed by atoms with Gasteiger partial charge in [0, 0.05) is 43.9 Å². The largest absolute Gasteiger partial charge is 0.347 e. The summed E-state index contributed by atoms with van der Waals surface area (Å²) in [5.74, 6) is 0.303. The number of aromatic nitrogens is 4. The van der Waals surface area contributed by atoms with Gasteiger partial charge in [-0.1, -0.05) is 24.3 Å². The van der Waals surface area contributed by atoms with Crippen LogP contribution in [0.25, 0.3) is 0 Å². The fraction of sp³-hybridized carbons (Fsp3) is 0.368. The summed E-state index contributed by atoms with van der Waals surface area (Å²) < 4.78 is 1.88. The molecule has 2 aromatic heterocycles. The van der Waals surface area contributed by atoms with Crippen molar-refractivity contribution in [3.63, 3.8) is 0 Å². The highest BCUT2D eigenvalue weighted by atomic mass is 15.2. The lowest BCUT2D eigenvalue weighted by atomic mass is 9.92. The predicted octanol–water partition coefficient (Wildman–Crippen LogP) is 2.26. The van der Waals surface area contributed by atoms with Crippen molar-refractivity contribution in [3.8, 4) is 0 Å². The summed E-state index contributed by atoms with van der Waals surface area (Å²) in [5.41, 5.74) is 6.72. The first-order valence-electron chi connectivity index (χ1n) is 8.59. The van der Waals surface area contributed by atoms with Crippen LogP contribution in [0.15, 0.2) is 43.0 Å². The Kier molecular flexibility index (Phi) is 3.10. The Morgan fingerprint density at radius 3 is 2.67 bits per heavy atom. The average molecular weight is 319 g/mol. The molecular weight excluding hydrogens is 298 g/mol. The van der Waals surface area contributed by atoms with Gasteiger partial charge in [-0.05, 0) is 24.0 Å². The fourth-order valence-electron chi connectivity index (χ4n) is 4.30. The molecule has 1 aliphatic heterocycles. The molecule has 1 N–H and O–H groups in total. The Bertz CT molecular complexity index is 852. The predicted molar refractivity (Wildman–Crippen MR) is 91.7 cm³/mol. The second kappa shape index (κ2) is 5.31. The average Bonchev–Trinajstić information content (AvgIpc) is 3.32. The molecule has 0 saturated carbocycles. The van der Waals surface area contributed by atoms with Crippen LogP contribution in [0.3, 0.4) is 0 Å². The van der Waals surface area contributed by atoms with Crippen molar-refractivity contribution >= 4 is 0 Å². The molecule has 0 bridgehead atoms. The highest BCUT2D eigenvalue weighted by Gasteiger charge is 2.35. The molecule has 5 heteroatoms. The van der Waals surface area contributed by atoms with E-state index in [0.29, 0.717) is 12.0 Å². The monoisotopic (exact) mass is 319 g/mol. The summed E-state index contributed by atoms with van der Waals surface area (Å²) >= 11 is 0. The molecule has 1 aromatic carbocycles. The van der Waals surface area contributed by atoms with Crippen LogP contribution in [0.5, 0.6) is 0 Å². The van der Waals surface area contributed by atoms with E-state index < -0.39 is 0 Å². The number of hydrogen-bond acceptors (Lipinski definition) is 3. The number of H-pyrrole nitrogens is 1. The maximum atomic E-state index is 4.61. The third-order valence-electron chi connectivity index (χ3n) is 5.53. The summed E-state index contributed by atoms with van der Waals surface area (Å²) in [6.45, 7) is 1.98. The zero-order valence-corrected chi connectivity index (χ0v) is 13.8. The standard InChI is InChI=1S/C19H21N5/c1-23-9-15(8-22-23)17-10-24(11-18-19(17)21-12-20-18)16-6-13-4-2-3-5-14(13)7-16/h2-5,8-9,12,16-17H,6-7,10-11H2,1H3,(H,20,21). The van der Waals surface area contributed by atoms with E-state index in [-0.39, 0.29) is 0 Å². The summed E-state index contributed by atoms with van der Waals surface area (Å²) in [6.07, 6.45) is 8.24. The van der Waals surface area contributed by atoms with Gasteiger partial charge in [-0.3, -0.25) is 9.58 Å². The van der Waals surface area contributed by atoms with Gasteiger partial charge in [-0.15, -0.1) is 0 Å². The van der Waals surface area contributed by atoms with E-state index in [4.69, 9.17) is 0 Å². The highest BCUT2D eigenvalue weighted by Crippen LogP contribution is 2.35. The number of imidazole rings is 1. The Morgan fingerprint density at radius 1 is 1.17 bits per heavy atom.